The van der Waals surface area contributed by atoms with Crippen LogP contribution in [0.25, 0.3) is 0 Å². The molecule has 0 aliphatic carbocycles. The number of ether oxygens (including phenoxy) is 1. The van der Waals surface area contributed by atoms with Gasteiger partial charge in [-0.25, -0.2) is 0 Å². The summed E-state index contributed by atoms with van der Waals surface area (Å²) in [5, 5.41) is 0. The smallest absolute Gasteiger partial charge is 0.0582 e. The van der Waals surface area contributed by atoms with E-state index < -0.39 is 0 Å². The zero-order valence-electron chi connectivity index (χ0n) is 9.64. The van der Waals surface area contributed by atoms with Crippen LogP contribution in [-0.4, -0.2) is 24.2 Å². The summed E-state index contributed by atoms with van der Waals surface area (Å²) in [5.41, 5.74) is 6.92. The first-order valence-electron chi connectivity index (χ1n) is 6.12. The minimum atomic E-state index is 0.337. The van der Waals surface area contributed by atoms with E-state index in [1.807, 2.05) is 18.3 Å². The molecule has 1 aliphatic rings. The topological polar surface area (TPSA) is 48.1 Å². The van der Waals surface area contributed by atoms with Crippen LogP contribution < -0.4 is 5.73 Å². The molecule has 0 spiro atoms. The molecule has 88 valence electrons. The zero-order chi connectivity index (χ0) is 11.2. The number of pyridine rings is 1. The lowest BCUT2D eigenvalue weighted by Gasteiger charge is -2.26. The highest BCUT2D eigenvalue weighted by Crippen LogP contribution is 2.24. The highest BCUT2D eigenvalue weighted by Gasteiger charge is 2.20. The van der Waals surface area contributed by atoms with Crippen molar-refractivity contribution in [3.05, 3.63) is 30.1 Å². The van der Waals surface area contributed by atoms with Crippen LogP contribution in [0.3, 0.4) is 0 Å². The molecule has 0 bridgehead atoms. The SMILES string of the molecule is NCC(CC1CCCCO1)c1ccccn1. The van der Waals surface area contributed by atoms with Gasteiger partial charge in [-0.05, 0) is 37.8 Å². The number of hydrogen-bond acceptors (Lipinski definition) is 3. The monoisotopic (exact) mass is 220 g/mol. The van der Waals surface area contributed by atoms with Gasteiger partial charge in [0.1, 0.15) is 0 Å². The molecule has 1 fully saturated rings. The molecular formula is C13H20N2O. The minimum Gasteiger partial charge on any atom is -0.378 e. The first-order valence-corrected chi connectivity index (χ1v) is 6.12. The summed E-state index contributed by atoms with van der Waals surface area (Å²) >= 11 is 0. The summed E-state index contributed by atoms with van der Waals surface area (Å²) in [6.07, 6.45) is 6.87. The lowest BCUT2D eigenvalue weighted by Crippen LogP contribution is -2.25. The van der Waals surface area contributed by atoms with Gasteiger partial charge in [0.05, 0.1) is 6.10 Å². The second kappa shape index (κ2) is 5.97. The van der Waals surface area contributed by atoms with Crippen LogP contribution in [0, 0.1) is 0 Å². The van der Waals surface area contributed by atoms with Crippen LogP contribution in [0.5, 0.6) is 0 Å². The highest BCUT2D eigenvalue weighted by molar-refractivity contribution is 5.10. The Morgan fingerprint density at radius 2 is 2.38 bits per heavy atom. The molecule has 0 saturated carbocycles. The molecular weight excluding hydrogens is 200 g/mol. The van der Waals surface area contributed by atoms with Gasteiger partial charge in [0.25, 0.3) is 0 Å². The summed E-state index contributed by atoms with van der Waals surface area (Å²) in [4.78, 5) is 4.38. The van der Waals surface area contributed by atoms with Gasteiger partial charge in [0, 0.05) is 31.0 Å². The van der Waals surface area contributed by atoms with Crippen molar-refractivity contribution in [2.24, 2.45) is 5.73 Å². The van der Waals surface area contributed by atoms with E-state index in [9.17, 15) is 0 Å². The Kier molecular flexibility index (Phi) is 4.31. The molecule has 1 saturated heterocycles. The van der Waals surface area contributed by atoms with E-state index in [1.165, 1.54) is 19.3 Å². The van der Waals surface area contributed by atoms with Crippen molar-refractivity contribution in [2.45, 2.75) is 37.7 Å². The van der Waals surface area contributed by atoms with Crippen molar-refractivity contribution >= 4 is 0 Å². The molecule has 2 rings (SSSR count). The van der Waals surface area contributed by atoms with E-state index in [0.29, 0.717) is 18.6 Å². The number of aromatic nitrogens is 1. The fourth-order valence-corrected chi connectivity index (χ4v) is 2.27. The maximum atomic E-state index is 5.83. The first-order chi connectivity index (χ1) is 7.90. The van der Waals surface area contributed by atoms with Crippen LogP contribution in [0.2, 0.25) is 0 Å². The summed E-state index contributed by atoms with van der Waals surface area (Å²) in [5.74, 6) is 0.337. The highest BCUT2D eigenvalue weighted by atomic mass is 16.5. The molecule has 1 aromatic rings. The summed E-state index contributed by atoms with van der Waals surface area (Å²) < 4.78 is 5.75. The maximum Gasteiger partial charge on any atom is 0.0582 e. The van der Waals surface area contributed by atoms with Gasteiger partial charge in [-0.1, -0.05) is 6.07 Å². The van der Waals surface area contributed by atoms with Crippen molar-refractivity contribution in [3.63, 3.8) is 0 Å². The van der Waals surface area contributed by atoms with E-state index in [1.54, 1.807) is 0 Å². The Balaban J connectivity index is 1.94. The number of nitrogens with two attached hydrogens (primary N) is 1. The normalized spacial score (nSPS) is 22.9. The van der Waals surface area contributed by atoms with Gasteiger partial charge in [-0.2, -0.15) is 0 Å². The molecule has 2 unspecified atom stereocenters. The lowest BCUT2D eigenvalue weighted by molar-refractivity contribution is 0.00721. The Bertz CT molecular complexity index is 296. The maximum absolute atomic E-state index is 5.83. The zero-order valence-corrected chi connectivity index (χ0v) is 9.64. The van der Waals surface area contributed by atoms with E-state index >= 15 is 0 Å². The summed E-state index contributed by atoms with van der Waals surface area (Å²) in [7, 11) is 0. The van der Waals surface area contributed by atoms with E-state index in [-0.39, 0.29) is 0 Å². The van der Waals surface area contributed by atoms with Gasteiger partial charge in [-0.15, -0.1) is 0 Å². The van der Waals surface area contributed by atoms with Crippen LogP contribution in [0.15, 0.2) is 24.4 Å². The van der Waals surface area contributed by atoms with Crippen LogP contribution in [-0.2, 0) is 4.74 Å². The Hall–Kier alpha value is -0.930. The van der Waals surface area contributed by atoms with Crippen molar-refractivity contribution in [1.82, 2.24) is 4.98 Å². The van der Waals surface area contributed by atoms with Crippen molar-refractivity contribution in [1.29, 1.82) is 0 Å². The molecule has 3 heteroatoms. The minimum absolute atomic E-state index is 0.337. The van der Waals surface area contributed by atoms with Crippen molar-refractivity contribution in [2.75, 3.05) is 13.2 Å². The molecule has 2 heterocycles. The molecule has 1 aliphatic heterocycles. The van der Waals surface area contributed by atoms with Crippen molar-refractivity contribution in [3.8, 4) is 0 Å². The van der Waals surface area contributed by atoms with Gasteiger partial charge >= 0.3 is 0 Å². The largest absolute Gasteiger partial charge is 0.378 e. The average molecular weight is 220 g/mol. The first kappa shape index (κ1) is 11.6. The van der Waals surface area contributed by atoms with Crippen molar-refractivity contribution < 1.29 is 4.74 Å². The quantitative estimate of drug-likeness (QED) is 0.845. The van der Waals surface area contributed by atoms with E-state index in [4.69, 9.17) is 10.5 Å². The van der Waals surface area contributed by atoms with Crippen LogP contribution in [0.1, 0.15) is 37.3 Å². The Morgan fingerprint density at radius 3 is 3.00 bits per heavy atom. The number of nitrogens with zero attached hydrogens (tertiary/aromatic N) is 1. The third kappa shape index (κ3) is 3.03. The molecule has 0 amide bonds. The third-order valence-corrected chi connectivity index (χ3v) is 3.21. The van der Waals surface area contributed by atoms with Crippen LogP contribution in [0.4, 0.5) is 0 Å². The molecule has 2 atom stereocenters. The predicted molar refractivity (Wildman–Crippen MR) is 64.2 cm³/mol. The molecule has 0 aromatic carbocycles. The summed E-state index contributed by atoms with van der Waals surface area (Å²) in [6, 6.07) is 6.02. The van der Waals surface area contributed by atoms with E-state index in [0.717, 1.165) is 18.7 Å². The van der Waals surface area contributed by atoms with Crippen LogP contribution >= 0.6 is 0 Å². The second-order valence-electron chi connectivity index (χ2n) is 4.41. The number of rotatable bonds is 4. The van der Waals surface area contributed by atoms with Gasteiger partial charge in [-0.3, -0.25) is 4.98 Å². The van der Waals surface area contributed by atoms with E-state index in [2.05, 4.69) is 11.1 Å². The van der Waals surface area contributed by atoms with Gasteiger partial charge < -0.3 is 10.5 Å². The fraction of sp³-hybridized carbons (Fsp3) is 0.615. The Labute approximate surface area is 97.0 Å². The molecule has 16 heavy (non-hydrogen) atoms. The standard InChI is InChI=1S/C13H20N2O/c14-10-11(13-6-1-3-7-15-13)9-12-5-2-4-8-16-12/h1,3,6-7,11-12H,2,4-5,8-10,14H2. The number of hydrogen-bond donors (Lipinski definition) is 1. The molecule has 2 N–H and O–H groups in total. The molecule has 3 nitrogen and oxygen atoms in total. The molecule has 1 aromatic heterocycles. The Morgan fingerprint density at radius 1 is 1.44 bits per heavy atom. The molecule has 0 radical (unpaired) electrons. The predicted octanol–water partition coefficient (Wildman–Crippen LogP) is 2.08. The second-order valence-corrected chi connectivity index (χ2v) is 4.41. The summed E-state index contributed by atoms with van der Waals surface area (Å²) in [6.45, 7) is 1.56. The third-order valence-electron chi connectivity index (χ3n) is 3.21. The fourth-order valence-electron chi connectivity index (χ4n) is 2.27. The van der Waals surface area contributed by atoms with Gasteiger partial charge in [0.15, 0.2) is 0 Å². The van der Waals surface area contributed by atoms with Gasteiger partial charge in [0.2, 0.25) is 0 Å². The average Bonchev–Trinajstić information content (AvgIpc) is 2.38. The lowest BCUT2D eigenvalue weighted by atomic mass is 9.94.